The topological polar surface area (TPSA) is 107 Å². The second-order valence-corrected chi connectivity index (χ2v) is 11.5. The first kappa shape index (κ1) is 24.1. The zero-order valence-electron chi connectivity index (χ0n) is 20.2. The Labute approximate surface area is 218 Å². The van der Waals surface area contributed by atoms with Gasteiger partial charge in [0, 0.05) is 22.7 Å². The largest absolute Gasteiger partial charge is 0.443 e. The third-order valence-corrected chi connectivity index (χ3v) is 8.87. The summed E-state index contributed by atoms with van der Waals surface area (Å²) in [6.45, 7) is 0.209. The number of benzene rings is 2. The molecule has 0 spiro atoms. The minimum Gasteiger partial charge on any atom is -0.443 e. The van der Waals surface area contributed by atoms with Crippen molar-refractivity contribution in [3.8, 4) is 22.7 Å². The monoisotopic (exact) mass is 530 g/mol. The van der Waals surface area contributed by atoms with E-state index in [1.807, 2.05) is 12.1 Å². The fourth-order valence-corrected chi connectivity index (χ4v) is 6.09. The summed E-state index contributed by atoms with van der Waals surface area (Å²) in [5, 5.41) is 3.27. The minimum atomic E-state index is -3.22. The van der Waals surface area contributed by atoms with Crippen LogP contribution in [0.5, 0.6) is 0 Å². The molecule has 6 rings (SSSR count). The summed E-state index contributed by atoms with van der Waals surface area (Å²) in [6, 6.07) is 16.7. The van der Waals surface area contributed by atoms with Gasteiger partial charge in [-0.05, 0) is 60.9 Å². The number of oxazole rings is 1. The van der Waals surface area contributed by atoms with Crippen molar-refractivity contribution in [2.24, 2.45) is 0 Å². The lowest BCUT2D eigenvalue weighted by molar-refractivity contribution is -0.121. The minimum absolute atomic E-state index is 0.0129. The van der Waals surface area contributed by atoms with E-state index in [-0.39, 0.29) is 30.1 Å². The summed E-state index contributed by atoms with van der Waals surface area (Å²) < 4.78 is 45.7. The van der Waals surface area contributed by atoms with Gasteiger partial charge in [0.1, 0.15) is 24.3 Å². The fourth-order valence-electron chi connectivity index (χ4n) is 4.44. The second kappa shape index (κ2) is 9.53. The highest BCUT2D eigenvalue weighted by Crippen LogP contribution is 2.34. The van der Waals surface area contributed by atoms with Crippen molar-refractivity contribution in [2.45, 2.75) is 36.1 Å². The molecule has 1 aliphatic carbocycles. The molecular weight excluding hydrogens is 507 g/mol. The maximum Gasteiger partial charge on any atom is 0.243 e. The van der Waals surface area contributed by atoms with Gasteiger partial charge in [0.05, 0.1) is 28.6 Å². The van der Waals surface area contributed by atoms with Crippen LogP contribution < -0.4 is 5.32 Å². The predicted molar refractivity (Wildman–Crippen MR) is 139 cm³/mol. The average Bonchev–Trinajstić information content (AvgIpc) is 3.55. The fraction of sp³-hybridized carbons (Fsp3) is 0.179. The average molecular weight is 531 g/mol. The smallest absolute Gasteiger partial charge is 0.243 e. The molecule has 5 aromatic rings. The molecule has 1 saturated carbocycles. The number of sulfone groups is 1. The first-order valence-electron chi connectivity index (χ1n) is 12.1. The number of carbonyl (C=O) groups excluding carboxylic acids is 1. The summed E-state index contributed by atoms with van der Waals surface area (Å²) in [6.07, 6.45) is 6.11. The maximum absolute atomic E-state index is 13.8. The molecule has 0 radical (unpaired) electrons. The number of halogens is 1. The Hall–Kier alpha value is -4.31. The third kappa shape index (κ3) is 4.70. The van der Waals surface area contributed by atoms with Crippen LogP contribution in [-0.2, 0) is 27.7 Å². The quantitative estimate of drug-likeness (QED) is 0.310. The van der Waals surface area contributed by atoms with Crippen LogP contribution in [0.1, 0.15) is 18.5 Å². The first-order chi connectivity index (χ1) is 18.4. The van der Waals surface area contributed by atoms with Crippen molar-refractivity contribution >= 4 is 26.6 Å². The van der Waals surface area contributed by atoms with Crippen molar-refractivity contribution in [3.05, 3.63) is 90.8 Å². The third-order valence-electron chi connectivity index (χ3n) is 6.59. The number of amides is 1. The number of fused-ring (bicyclic) bond motifs is 1. The molecular formula is C28H23FN4O4S. The standard InChI is InChI=1S/C28H23FN4O4S/c29-21-4-10-25-20(13-21)14-26(28-30-11-12-37-28)33(25)17-27(34)32-16-22-5-1-19(15-31-22)18-2-6-23(7-3-18)38(35,36)24-8-9-24/h1-7,10-15,24H,8-9,16-17H2,(H,32,34). The van der Waals surface area contributed by atoms with Gasteiger partial charge < -0.3 is 14.3 Å². The van der Waals surface area contributed by atoms with Gasteiger partial charge >= 0.3 is 0 Å². The van der Waals surface area contributed by atoms with E-state index >= 15 is 0 Å². The number of aromatic nitrogens is 3. The molecule has 1 fully saturated rings. The number of nitrogens with zero attached hydrogens (tertiary/aromatic N) is 3. The Kier molecular flexibility index (Phi) is 6.03. The number of pyridine rings is 1. The highest BCUT2D eigenvalue weighted by Gasteiger charge is 2.36. The van der Waals surface area contributed by atoms with Gasteiger partial charge in [-0.1, -0.05) is 18.2 Å². The highest BCUT2D eigenvalue weighted by molar-refractivity contribution is 7.92. The molecule has 0 bridgehead atoms. The zero-order valence-corrected chi connectivity index (χ0v) is 21.0. The van der Waals surface area contributed by atoms with Gasteiger partial charge in [-0.15, -0.1) is 0 Å². The van der Waals surface area contributed by atoms with E-state index in [0.29, 0.717) is 33.1 Å². The summed E-state index contributed by atoms with van der Waals surface area (Å²) in [5.41, 5.74) is 3.63. The Morgan fingerprint density at radius 1 is 1.03 bits per heavy atom. The lowest BCUT2D eigenvalue weighted by Crippen LogP contribution is -2.27. The molecule has 3 heterocycles. The Morgan fingerprint density at radius 3 is 2.50 bits per heavy atom. The number of hydrogen-bond donors (Lipinski definition) is 1. The number of hydrogen-bond acceptors (Lipinski definition) is 6. The van der Waals surface area contributed by atoms with Gasteiger partial charge in [-0.3, -0.25) is 9.78 Å². The lowest BCUT2D eigenvalue weighted by atomic mass is 10.1. The van der Waals surface area contributed by atoms with Crippen LogP contribution in [0.15, 0.2) is 88.6 Å². The molecule has 1 amide bonds. The SMILES string of the molecule is O=C(Cn1c(-c2ncco2)cc2cc(F)ccc21)NCc1ccc(-c2ccc(S(=O)(=O)C3CC3)cc2)cn1. The van der Waals surface area contributed by atoms with Crippen LogP contribution in [-0.4, -0.2) is 34.1 Å². The Morgan fingerprint density at radius 2 is 1.82 bits per heavy atom. The molecule has 0 unspecified atom stereocenters. The molecule has 0 atom stereocenters. The molecule has 1 aliphatic rings. The molecule has 10 heteroatoms. The van der Waals surface area contributed by atoms with Crippen LogP contribution in [0.25, 0.3) is 33.6 Å². The maximum atomic E-state index is 13.8. The van der Waals surface area contributed by atoms with E-state index in [4.69, 9.17) is 4.42 Å². The van der Waals surface area contributed by atoms with E-state index in [2.05, 4.69) is 15.3 Å². The van der Waals surface area contributed by atoms with Gasteiger partial charge in [-0.25, -0.2) is 17.8 Å². The second-order valence-electron chi connectivity index (χ2n) is 9.24. The van der Waals surface area contributed by atoms with E-state index in [9.17, 15) is 17.6 Å². The number of rotatable bonds is 8. The summed E-state index contributed by atoms with van der Waals surface area (Å²) in [7, 11) is -3.22. The van der Waals surface area contributed by atoms with Gasteiger partial charge in [-0.2, -0.15) is 0 Å². The van der Waals surface area contributed by atoms with Crippen LogP contribution in [0.4, 0.5) is 4.39 Å². The molecule has 38 heavy (non-hydrogen) atoms. The van der Waals surface area contributed by atoms with Gasteiger partial charge in [0.2, 0.25) is 11.8 Å². The van der Waals surface area contributed by atoms with E-state index in [0.717, 1.165) is 24.0 Å². The predicted octanol–water partition coefficient (Wildman–Crippen LogP) is 4.75. The zero-order chi connectivity index (χ0) is 26.3. The molecule has 1 N–H and O–H groups in total. The lowest BCUT2D eigenvalue weighted by Gasteiger charge is -2.10. The normalized spacial score (nSPS) is 13.6. The van der Waals surface area contributed by atoms with E-state index in [1.165, 1.54) is 24.6 Å². The Bertz CT molecular complexity index is 1720. The van der Waals surface area contributed by atoms with Crippen molar-refractivity contribution in [1.29, 1.82) is 0 Å². The molecule has 3 aromatic heterocycles. The van der Waals surface area contributed by atoms with Gasteiger partial charge in [0.25, 0.3) is 0 Å². The van der Waals surface area contributed by atoms with Crippen molar-refractivity contribution in [2.75, 3.05) is 0 Å². The van der Waals surface area contributed by atoms with Crippen LogP contribution >= 0.6 is 0 Å². The Balaban J connectivity index is 1.13. The summed E-state index contributed by atoms with van der Waals surface area (Å²) in [4.78, 5) is 21.8. The van der Waals surface area contributed by atoms with Crippen LogP contribution in [0.2, 0.25) is 0 Å². The molecule has 0 aliphatic heterocycles. The van der Waals surface area contributed by atoms with Crippen molar-refractivity contribution in [3.63, 3.8) is 0 Å². The van der Waals surface area contributed by atoms with E-state index < -0.39 is 9.84 Å². The summed E-state index contributed by atoms with van der Waals surface area (Å²) >= 11 is 0. The molecule has 2 aromatic carbocycles. The number of nitrogens with one attached hydrogen (secondary N) is 1. The van der Waals surface area contributed by atoms with Crippen LogP contribution in [0.3, 0.4) is 0 Å². The summed E-state index contributed by atoms with van der Waals surface area (Å²) in [5.74, 6) is -0.283. The molecule has 0 saturated heterocycles. The molecule has 192 valence electrons. The van der Waals surface area contributed by atoms with E-state index in [1.54, 1.807) is 47.2 Å². The van der Waals surface area contributed by atoms with Crippen LogP contribution in [0, 0.1) is 5.82 Å². The van der Waals surface area contributed by atoms with Crippen molar-refractivity contribution in [1.82, 2.24) is 19.9 Å². The number of carbonyl (C=O) groups is 1. The highest BCUT2D eigenvalue weighted by atomic mass is 32.2. The van der Waals surface area contributed by atoms with Crippen molar-refractivity contribution < 1.29 is 22.0 Å². The van der Waals surface area contributed by atoms with Gasteiger partial charge in [0.15, 0.2) is 9.84 Å². The molecule has 8 nitrogen and oxygen atoms in total. The first-order valence-corrected chi connectivity index (χ1v) is 13.7.